The maximum atomic E-state index is 12.5. The minimum absolute atomic E-state index is 0.0960. The average Bonchev–Trinajstić information content (AvgIpc) is 2.37. The van der Waals surface area contributed by atoms with Crippen molar-refractivity contribution in [2.45, 2.75) is 13.1 Å². The topological polar surface area (TPSA) is 63.1 Å². The van der Waals surface area contributed by atoms with Gasteiger partial charge in [0.25, 0.3) is 0 Å². The van der Waals surface area contributed by atoms with Gasteiger partial charge in [-0.2, -0.15) is 13.2 Å². The maximum absolute atomic E-state index is 12.5. The van der Waals surface area contributed by atoms with E-state index in [0.717, 1.165) is 18.3 Å². The third-order valence-corrected chi connectivity index (χ3v) is 2.63. The molecule has 1 heterocycles. The molecule has 1 N–H and O–H groups in total. The third kappa shape index (κ3) is 2.76. The van der Waals surface area contributed by atoms with Gasteiger partial charge >= 0.3 is 12.1 Å². The molecule has 2 rings (SSSR count). The van der Waals surface area contributed by atoms with Gasteiger partial charge in [0.15, 0.2) is 0 Å². The number of hydrogen-bond donors (Lipinski definition) is 1. The molecule has 1 aromatic carbocycles. The summed E-state index contributed by atoms with van der Waals surface area (Å²) < 4.78 is 37.4. The Morgan fingerprint density at radius 3 is 2.30 bits per heavy atom. The van der Waals surface area contributed by atoms with Crippen LogP contribution in [0.3, 0.4) is 0 Å². The zero-order chi connectivity index (χ0) is 14.9. The van der Waals surface area contributed by atoms with Crippen molar-refractivity contribution in [3.05, 3.63) is 47.4 Å². The number of benzene rings is 1. The number of aromatic nitrogens is 2. The molecular formula is C13H9F3N2O2. The van der Waals surface area contributed by atoms with Gasteiger partial charge in [0.05, 0.1) is 11.3 Å². The molecule has 0 spiro atoms. The fourth-order valence-corrected chi connectivity index (χ4v) is 1.66. The van der Waals surface area contributed by atoms with Crippen molar-refractivity contribution in [1.82, 2.24) is 9.97 Å². The number of aryl methyl sites for hydroxylation is 1. The van der Waals surface area contributed by atoms with E-state index in [1.165, 1.54) is 12.1 Å². The minimum atomic E-state index is -4.43. The van der Waals surface area contributed by atoms with Crippen LogP contribution < -0.4 is 0 Å². The van der Waals surface area contributed by atoms with Crippen LogP contribution in [0.25, 0.3) is 11.3 Å². The van der Waals surface area contributed by atoms with Crippen molar-refractivity contribution < 1.29 is 23.1 Å². The highest BCUT2D eigenvalue weighted by atomic mass is 19.4. The Hall–Kier alpha value is -2.44. The number of carboxylic acid groups (broad SMARTS) is 1. The summed E-state index contributed by atoms with van der Waals surface area (Å²) in [6.07, 6.45) is -3.30. The summed E-state index contributed by atoms with van der Waals surface area (Å²) in [7, 11) is 0. The Morgan fingerprint density at radius 2 is 1.80 bits per heavy atom. The maximum Gasteiger partial charge on any atom is 0.416 e. The number of rotatable bonds is 2. The zero-order valence-electron chi connectivity index (χ0n) is 10.3. The summed E-state index contributed by atoms with van der Waals surface area (Å²) >= 11 is 0. The van der Waals surface area contributed by atoms with Gasteiger partial charge in [-0.3, -0.25) is 0 Å². The SMILES string of the molecule is Cc1ncc(C(=O)O)c(-c2ccc(C(F)(F)F)cc2)n1. The second-order valence-electron chi connectivity index (χ2n) is 4.06. The molecule has 4 nitrogen and oxygen atoms in total. The van der Waals surface area contributed by atoms with Crippen LogP contribution in [0.2, 0.25) is 0 Å². The summed E-state index contributed by atoms with van der Waals surface area (Å²) in [4.78, 5) is 18.8. The normalized spacial score (nSPS) is 11.4. The lowest BCUT2D eigenvalue weighted by atomic mass is 10.0. The van der Waals surface area contributed by atoms with Crippen LogP contribution in [-0.2, 0) is 6.18 Å². The van der Waals surface area contributed by atoms with Crippen molar-refractivity contribution in [2.75, 3.05) is 0 Å². The first-order valence-corrected chi connectivity index (χ1v) is 5.53. The minimum Gasteiger partial charge on any atom is -0.478 e. The van der Waals surface area contributed by atoms with E-state index in [4.69, 9.17) is 5.11 Å². The molecule has 0 saturated heterocycles. The molecule has 0 aliphatic heterocycles. The molecule has 0 bridgehead atoms. The van der Waals surface area contributed by atoms with Gasteiger partial charge in [0.2, 0.25) is 0 Å². The Balaban J connectivity index is 2.52. The molecule has 2 aromatic rings. The molecular weight excluding hydrogens is 273 g/mol. The number of nitrogens with zero attached hydrogens (tertiary/aromatic N) is 2. The number of carbonyl (C=O) groups is 1. The fourth-order valence-electron chi connectivity index (χ4n) is 1.66. The molecule has 0 unspecified atom stereocenters. The molecule has 0 amide bonds. The Labute approximate surface area is 111 Å². The molecule has 0 saturated carbocycles. The van der Waals surface area contributed by atoms with Crippen LogP contribution in [0, 0.1) is 6.92 Å². The van der Waals surface area contributed by atoms with Crippen molar-refractivity contribution in [3.63, 3.8) is 0 Å². The standard InChI is InChI=1S/C13H9F3N2O2/c1-7-17-6-10(12(19)20)11(18-7)8-2-4-9(5-3-8)13(14,15)16/h2-6H,1H3,(H,19,20). The van der Waals surface area contributed by atoms with E-state index in [1.54, 1.807) is 6.92 Å². The highest BCUT2D eigenvalue weighted by Gasteiger charge is 2.30. The van der Waals surface area contributed by atoms with Gasteiger partial charge in [-0.1, -0.05) is 12.1 Å². The predicted octanol–water partition coefficient (Wildman–Crippen LogP) is 3.17. The third-order valence-electron chi connectivity index (χ3n) is 2.63. The van der Waals surface area contributed by atoms with Crippen LogP contribution in [0.5, 0.6) is 0 Å². The van der Waals surface area contributed by atoms with Crippen LogP contribution in [-0.4, -0.2) is 21.0 Å². The number of aromatic carboxylic acids is 1. The summed E-state index contributed by atoms with van der Waals surface area (Å²) in [6, 6.07) is 4.16. The molecule has 0 atom stereocenters. The molecule has 104 valence electrons. The second kappa shape index (κ2) is 4.92. The van der Waals surface area contributed by atoms with Crippen LogP contribution in [0.4, 0.5) is 13.2 Å². The van der Waals surface area contributed by atoms with Crippen LogP contribution in [0.1, 0.15) is 21.7 Å². The van der Waals surface area contributed by atoms with Gasteiger partial charge < -0.3 is 5.11 Å². The van der Waals surface area contributed by atoms with Crippen molar-refractivity contribution in [3.8, 4) is 11.3 Å². The molecule has 0 aliphatic rings. The fraction of sp³-hybridized carbons (Fsp3) is 0.154. The quantitative estimate of drug-likeness (QED) is 0.919. The van der Waals surface area contributed by atoms with Crippen LogP contribution >= 0.6 is 0 Å². The summed E-state index contributed by atoms with van der Waals surface area (Å²) in [6.45, 7) is 1.57. The second-order valence-corrected chi connectivity index (χ2v) is 4.06. The lowest BCUT2D eigenvalue weighted by molar-refractivity contribution is -0.137. The molecule has 20 heavy (non-hydrogen) atoms. The van der Waals surface area contributed by atoms with Crippen molar-refractivity contribution in [2.24, 2.45) is 0 Å². The van der Waals surface area contributed by atoms with Gasteiger partial charge in [0, 0.05) is 11.8 Å². The Kier molecular flexibility index (Phi) is 3.44. The molecule has 0 aliphatic carbocycles. The summed E-state index contributed by atoms with van der Waals surface area (Å²) in [5.74, 6) is -0.898. The highest BCUT2D eigenvalue weighted by molar-refractivity contribution is 5.94. The first kappa shape index (κ1) is 14.0. The number of hydrogen-bond acceptors (Lipinski definition) is 3. The first-order chi connectivity index (χ1) is 9.29. The largest absolute Gasteiger partial charge is 0.478 e. The van der Waals surface area contributed by atoms with Crippen molar-refractivity contribution >= 4 is 5.97 Å². The molecule has 1 aromatic heterocycles. The van der Waals surface area contributed by atoms with E-state index in [-0.39, 0.29) is 11.3 Å². The molecule has 0 radical (unpaired) electrons. The lowest BCUT2D eigenvalue weighted by Gasteiger charge is -2.09. The Morgan fingerprint density at radius 1 is 1.20 bits per heavy atom. The average molecular weight is 282 g/mol. The van der Waals surface area contributed by atoms with Gasteiger partial charge in [0.1, 0.15) is 11.4 Å². The van der Waals surface area contributed by atoms with E-state index >= 15 is 0 Å². The van der Waals surface area contributed by atoms with Gasteiger partial charge in [-0.05, 0) is 19.1 Å². The van der Waals surface area contributed by atoms with E-state index in [9.17, 15) is 18.0 Å². The number of carboxylic acids is 1. The smallest absolute Gasteiger partial charge is 0.416 e. The van der Waals surface area contributed by atoms with Crippen molar-refractivity contribution in [1.29, 1.82) is 0 Å². The van der Waals surface area contributed by atoms with E-state index < -0.39 is 17.7 Å². The van der Waals surface area contributed by atoms with Gasteiger partial charge in [-0.25, -0.2) is 14.8 Å². The predicted molar refractivity (Wildman–Crippen MR) is 64.2 cm³/mol. The van der Waals surface area contributed by atoms with E-state index in [2.05, 4.69) is 9.97 Å². The summed E-state index contributed by atoms with van der Waals surface area (Å²) in [5.41, 5.74) is -0.570. The van der Waals surface area contributed by atoms with E-state index in [1.807, 2.05) is 0 Å². The van der Waals surface area contributed by atoms with Gasteiger partial charge in [-0.15, -0.1) is 0 Å². The monoisotopic (exact) mass is 282 g/mol. The van der Waals surface area contributed by atoms with E-state index in [0.29, 0.717) is 11.4 Å². The summed E-state index contributed by atoms with van der Waals surface area (Å²) in [5, 5.41) is 9.04. The first-order valence-electron chi connectivity index (χ1n) is 5.53. The lowest BCUT2D eigenvalue weighted by Crippen LogP contribution is -2.06. The Bertz CT molecular complexity index is 652. The highest BCUT2D eigenvalue weighted by Crippen LogP contribution is 2.31. The molecule has 7 heteroatoms. The number of halogens is 3. The molecule has 0 fully saturated rings. The number of alkyl halides is 3. The van der Waals surface area contributed by atoms with Crippen LogP contribution in [0.15, 0.2) is 30.5 Å². The zero-order valence-corrected chi connectivity index (χ0v) is 10.3.